The van der Waals surface area contributed by atoms with Gasteiger partial charge in [0, 0.05) is 26.1 Å². The largest absolute Gasteiger partial charge is 0.337 e. The van der Waals surface area contributed by atoms with Crippen molar-refractivity contribution in [3.05, 3.63) is 33.0 Å². The Bertz CT molecular complexity index is 726. The number of hydrogen-bond acceptors (Lipinski definition) is 5. The lowest BCUT2D eigenvalue weighted by molar-refractivity contribution is 0.0708. The van der Waals surface area contributed by atoms with Crippen molar-refractivity contribution in [1.29, 1.82) is 0 Å². The Labute approximate surface area is 151 Å². The number of likely N-dealkylation sites (tertiary alicyclic amines) is 1. The van der Waals surface area contributed by atoms with Gasteiger partial charge in [0.05, 0.1) is 15.8 Å². The van der Waals surface area contributed by atoms with Crippen LogP contribution in [-0.2, 0) is 13.6 Å². The molecular formula is C16H22ClN5OS. The van der Waals surface area contributed by atoms with Crippen LogP contribution in [0, 0.1) is 0 Å². The highest BCUT2D eigenvalue weighted by atomic mass is 35.5. The first-order valence-electron chi connectivity index (χ1n) is 8.03. The van der Waals surface area contributed by atoms with E-state index in [1.165, 1.54) is 11.3 Å². The maximum absolute atomic E-state index is 12.7. The molecule has 1 amide bonds. The minimum atomic E-state index is 0.0623. The van der Waals surface area contributed by atoms with Gasteiger partial charge in [-0.3, -0.25) is 4.79 Å². The number of thiophene rings is 1. The van der Waals surface area contributed by atoms with Gasteiger partial charge in [0.2, 0.25) is 0 Å². The van der Waals surface area contributed by atoms with Crippen molar-refractivity contribution in [3.8, 4) is 0 Å². The quantitative estimate of drug-likeness (QED) is 0.833. The number of halogens is 1. The average Bonchev–Trinajstić information content (AvgIpc) is 3.13. The van der Waals surface area contributed by atoms with E-state index < -0.39 is 0 Å². The summed E-state index contributed by atoms with van der Waals surface area (Å²) in [6.07, 6.45) is 2.01. The van der Waals surface area contributed by atoms with E-state index in [0.29, 0.717) is 15.8 Å². The van der Waals surface area contributed by atoms with Crippen LogP contribution in [0.3, 0.4) is 0 Å². The molecule has 0 N–H and O–H groups in total. The summed E-state index contributed by atoms with van der Waals surface area (Å²) in [5.41, 5.74) is 0. The van der Waals surface area contributed by atoms with Gasteiger partial charge in [0.1, 0.15) is 11.6 Å². The number of amides is 1. The molecule has 6 nitrogen and oxygen atoms in total. The summed E-state index contributed by atoms with van der Waals surface area (Å²) >= 11 is 7.29. The number of carbonyl (C=O) groups is 1. The first-order chi connectivity index (χ1) is 11.5. The Balaban J connectivity index is 1.74. The van der Waals surface area contributed by atoms with Crippen molar-refractivity contribution >= 4 is 28.8 Å². The topological polar surface area (TPSA) is 54.3 Å². The molecule has 0 radical (unpaired) electrons. The van der Waals surface area contributed by atoms with Gasteiger partial charge in [0.15, 0.2) is 0 Å². The predicted molar refractivity (Wildman–Crippen MR) is 95.6 cm³/mol. The lowest BCUT2D eigenvalue weighted by Gasteiger charge is -2.32. The Morgan fingerprint density at radius 3 is 2.88 bits per heavy atom. The van der Waals surface area contributed by atoms with Gasteiger partial charge in [-0.05, 0) is 39.1 Å². The van der Waals surface area contributed by atoms with Crippen LogP contribution in [0.5, 0.6) is 0 Å². The summed E-state index contributed by atoms with van der Waals surface area (Å²) in [5.74, 6) is 2.20. The van der Waals surface area contributed by atoms with Crippen LogP contribution in [0.4, 0.5) is 0 Å². The maximum atomic E-state index is 12.7. The zero-order chi connectivity index (χ0) is 17.3. The summed E-state index contributed by atoms with van der Waals surface area (Å²) in [4.78, 5) is 17.3. The number of hydrogen-bond donors (Lipinski definition) is 0. The van der Waals surface area contributed by atoms with Crippen LogP contribution in [0.15, 0.2) is 12.1 Å². The molecule has 0 spiro atoms. The van der Waals surface area contributed by atoms with Gasteiger partial charge >= 0.3 is 0 Å². The number of nitrogens with zero attached hydrogens (tertiary/aromatic N) is 5. The Morgan fingerprint density at radius 2 is 2.21 bits per heavy atom. The van der Waals surface area contributed by atoms with Gasteiger partial charge < -0.3 is 14.4 Å². The Morgan fingerprint density at radius 1 is 1.42 bits per heavy atom. The summed E-state index contributed by atoms with van der Waals surface area (Å²) in [6.45, 7) is 2.22. The summed E-state index contributed by atoms with van der Waals surface area (Å²) in [5, 5.41) is 8.71. The highest BCUT2D eigenvalue weighted by Gasteiger charge is 2.29. The molecule has 1 aliphatic rings. The molecule has 1 saturated heterocycles. The van der Waals surface area contributed by atoms with Crippen LogP contribution < -0.4 is 0 Å². The van der Waals surface area contributed by atoms with E-state index in [1.54, 1.807) is 12.1 Å². The molecule has 0 saturated carbocycles. The summed E-state index contributed by atoms with van der Waals surface area (Å²) in [6, 6.07) is 3.58. The van der Waals surface area contributed by atoms with E-state index in [0.717, 1.165) is 37.6 Å². The van der Waals surface area contributed by atoms with Gasteiger partial charge in [0.25, 0.3) is 5.91 Å². The van der Waals surface area contributed by atoms with Gasteiger partial charge in [-0.1, -0.05) is 11.6 Å². The summed E-state index contributed by atoms with van der Waals surface area (Å²) < 4.78 is 2.72. The molecule has 0 aromatic carbocycles. The number of carbonyl (C=O) groups excluding carboxylic acids is 1. The zero-order valence-electron chi connectivity index (χ0n) is 14.2. The smallest absolute Gasteiger partial charge is 0.263 e. The van der Waals surface area contributed by atoms with E-state index in [9.17, 15) is 4.79 Å². The summed E-state index contributed by atoms with van der Waals surface area (Å²) in [7, 11) is 6.04. The lowest BCUT2D eigenvalue weighted by Crippen LogP contribution is -2.39. The number of aromatic nitrogens is 3. The molecule has 130 valence electrons. The van der Waals surface area contributed by atoms with Crippen molar-refractivity contribution < 1.29 is 4.79 Å². The molecule has 2 aromatic heterocycles. The van der Waals surface area contributed by atoms with E-state index in [-0.39, 0.29) is 11.8 Å². The second-order valence-electron chi connectivity index (χ2n) is 6.47. The second-order valence-corrected chi connectivity index (χ2v) is 8.18. The van der Waals surface area contributed by atoms with E-state index in [1.807, 2.05) is 26.0 Å². The Kier molecular flexibility index (Phi) is 5.22. The maximum Gasteiger partial charge on any atom is 0.263 e. The van der Waals surface area contributed by atoms with E-state index >= 15 is 0 Å². The van der Waals surface area contributed by atoms with Crippen LogP contribution in [0.2, 0.25) is 4.34 Å². The normalized spacial score (nSPS) is 18.4. The van der Waals surface area contributed by atoms with Gasteiger partial charge in [-0.2, -0.15) is 0 Å². The van der Waals surface area contributed by atoms with Crippen LogP contribution in [-0.4, -0.2) is 57.7 Å². The Hall–Kier alpha value is -1.44. The van der Waals surface area contributed by atoms with Gasteiger partial charge in [-0.25, -0.2) is 0 Å². The molecule has 1 atom stereocenters. The third-order valence-electron chi connectivity index (χ3n) is 4.31. The highest BCUT2D eigenvalue weighted by molar-refractivity contribution is 7.17. The van der Waals surface area contributed by atoms with Crippen molar-refractivity contribution in [2.75, 3.05) is 27.2 Å². The monoisotopic (exact) mass is 367 g/mol. The highest BCUT2D eigenvalue weighted by Crippen LogP contribution is 2.29. The first kappa shape index (κ1) is 17.4. The van der Waals surface area contributed by atoms with Crippen molar-refractivity contribution in [1.82, 2.24) is 24.6 Å². The van der Waals surface area contributed by atoms with Crippen molar-refractivity contribution in [2.45, 2.75) is 25.3 Å². The molecule has 1 unspecified atom stereocenters. The number of piperidine rings is 1. The average molecular weight is 368 g/mol. The second kappa shape index (κ2) is 7.21. The standard InChI is InChI=1S/C16H22ClN5OS/c1-20(2)10-14-18-19-15(21(14)3)11-5-4-8-22(9-11)16(23)12-6-7-13(17)24-12/h6-7,11H,4-5,8-10H2,1-3H3. The van der Waals surface area contributed by atoms with Crippen molar-refractivity contribution in [2.24, 2.45) is 7.05 Å². The molecule has 3 rings (SSSR count). The molecule has 0 bridgehead atoms. The fourth-order valence-electron chi connectivity index (χ4n) is 3.11. The van der Waals surface area contributed by atoms with Crippen LogP contribution >= 0.6 is 22.9 Å². The minimum absolute atomic E-state index is 0.0623. The predicted octanol–water partition coefficient (Wildman–Crippen LogP) is 2.61. The third kappa shape index (κ3) is 3.63. The van der Waals surface area contributed by atoms with E-state index in [4.69, 9.17) is 11.6 Å². The molecule has 1 aliphatic heterocycles. The lowest BCUT2D eigenvalue weighted by atomic mass is 9.97. The molecule has 24 heavy (non-hydrogen) atoms. The molecule has 3 heterocycles. The fourth-order valence-corrected chi connectivity index (χ4v) is 4.12. The van der Waals surface area contributed by atoms with Crippen molar-refractivity contribution in [3.63, 3.8) is 0 Å². The third-order valence-corrected chi connectivity index (χ3v) is 5.53. The molecule has 1 fully saturated rings. The molecular weight excluding hydrogens is 346 g/mol. The molecule has 0 aliphatic carbocycles. The number of rotatable bonds is 4. The van der Waals surface area contributed by atoms with Crippen LogP contribution in [0.25, 0.3) is 0 Å². The SMILES string of the molecule is CN(C)Cc1nnc(C2CCCN(C(=O)c3ccc(Cl)s3)C2)n1C. The van der Waals surface area contributed by atoms with Gasteiger partial charge in [-0.15, -0.1) is 21.5 Å². The zero-order valence-corrected chi connectivity index (χ0v) is 15.8. The van der Waals surface area contributed by atoms with Crippen LogP contribution in [0.1, 0.15) is 40.1 Å². The van der Waals surface area contributed by atoms with E-state index in [2.05, 4.69) is 19.7 Å². The molecule has 2 aromatic rings. The first-order valence-corrected chi connectivity index (χ1v) is 9.22. The fraction of sp³-hybridized carbons (Fsp3) is 0.562. The molecule has 8 heteroatoms. The minimum Gasteiger partial charge on any atom is -0.337 e.